The van der Waals surface area contributed by atoms with Gasteiger partial charge in [0.2, 0.25) is 0 Å². The van der Waals surface area contributed by atoms with Crippen molar-refractivity contribution in [3.8, 4) is 0 Å². The molecule has 0 bridgehead atoms. The van der Waals surface area contributed by atoms with Crippen molar-refractivity contribution in [2.75, 3.05) is 19.0 Å². The molecule has 0 spiro atoms. The molecule has 0 saturated heterocycles. The van der Waals surface area contributed by atoms with Crippen molar-refractivity contribution in [1.29, 1.82) is 0 Å². The largest absolute Gasteiger partial charge is 0.381 e. The fraction of sp³-hybridized carbons (Fsp3) is 0.667. The van der Waals surface area contributed by atoms with Crippen LogP contribution in [0.15, 0.2) is 23.1 Å². The van der Waals surface area contributed by atoms with Crippen LogP contribution in [0.25, 0.3) is 0 Å². The van der Waals surface area contributed by atoms with Gasteiger partial charge in [-0.05, 0) is 41.9 Å². The van der Waals surface area contributed by atoms with E-state index >= 15 is 0 Å². The third-order valence-electron chi connectivity index (χ3n) is 3.45. The van der Waals surface area contributed by atoms with Gasteiger partial charge in [0, 0.05) is 16.7 Å². The topological polar surface area (TPSA) is 43.4 Å². The van der Waals surface area contributed by atoms with E-state index in [4.69, 9.17) is 27.9 Å². The second-order valence-electron chi connectivity index (χ2n) is 8.25. The second kappa shape index (κ2) is 8.39. The van der Waals surface area contributed by atoms with Crippen molar-refractivity contribution in [3.63, 3.8) is 0 Å². The van der Waals surface area contributed by atoms with Gasteiger partial charge in [0.15, 0.2) is 9.84 Å². The maximum Gasteiger partial charge on any atom is 0.179 e. The van der Waals surface area contributed by atoms with Crippen LogP contribution in [0.1, 0.15) is 47.5 Å². The van der Waals surface area contributed by atoms with Gasteiger partial charge >= 0.3 is 0 Å². The molecule has 138 valence electrons. The molecule has 0 aromatic heterocycles. The second-order valence-corrected chi connectivity index (χ2v) is 11.1. The van der Waals surface area contributed by atoms with Gasteiger partial charge in [-0.1, -0.05) is 57.8 Å². The lowest BCUT2D eigenvalue weighted by Crippen LogP contribution is -2.25. The average Bonchev–Trinajstić information content (AvgIpc) is 2.34. The van der Waals surface area contributed by atoms with E-state index in [2.05, 4.69) is 20.8 Å². The molecule has 0 heterocycles. The van der Waals surface area contributed by atoms with Gasteiger partial charge in [0.1, 0.15) is 0 Å². The van der Waals surface area contributed by atoms with Crippen molar-refractivity contribution in [3.05, 3.63) is 28.2 Å². The first-order valence-electron chi connectivity index (χ1n) is 8.07. The summed E-state index contributed by atoms with van der Waals surface area (Å²) in [5.41, 5.74) is -0.205. The summed E-state index contributed by atoms with van der Waals surface area (Å²) in [5.74, 6) is 0.0515. The highest BCUT2D eigenvalue weighted by Crippen LogP contribution is 2.30. The molecule has 3 nitrogen and oxygen atoms in total. The molecular formula is C18H28Cl2O3S. The normalized spacial score (nSPS) is 13.3. The summed E-state index contributed by atoms with van der Waals surface area (Å²) in [6.07, 6.45) is 1.60. The zero-order chi connectivity index (χ0) is 18.6. The number of halogens is 2. The maximum absolute atomic E-state index is 12.6. The zero-order valence-electron chi connectivity index (χ0n) is 15.2. The number of hydrogen-bond acceptors (Lipinski definition) is 3. The van der Waals surface area contributed by atoms with Crippen LogP contribution < -0.4 is 0 Å². The first-order valence-corrected chi connectivity index (χ1v) is 10.5. The third-order valence-corrected chi connectivity index (χ3v) is 6.01. The van der Waals surface area contributed by atoms with Crippen molar-refractivity contribution in [2.24, 2.45) is 10.8 Å². The Morgan fingerprint density at radius 1 is 1.00 bits per heavy atom. The molecule has 0 aliphatic rings. The lowest BCUT2D eigenvalue weighted by molar-refractivity contribution is 0.0649. The molecule has 0 saturated carbocycles. The summed E-state index contributed by atoms with van der Waals surface area (Å²) in [5, 5.41) is 0.656. The fourth-order valence-corrected chi connectivity index (χ4v) is 5.02. The molecule has 0 atom stereocenters. The summed E-state index contributed by atoms with van der Waals surface area (Å²) in [7, 11) is -3.44. The standard InChI is InChI=1S/C18H28Cl2O3S/c1-17(2,3)12-23-8-6-7-18(4,5)13-24(21,22)16-10-14(19)9-15(20)11-16/h9-11H,6-8,12-13H2,1-5H3. The molecule has 1 rings (SSSR count). The molecular weight excluding hydrogens is 367 g/mol. The van der Waals surface area contributed by atoms with E-state index in [0.717, 1.165) is 12.8 Å². The summed E-state index contributed by atoms with van der Waals surface area (Å²) in [6.45, 7) is 11.6. The number of ether oxygens (including phenoxy) is 1. The van der Waals surface area contributed by atoms with E-state index in [9.17, 15) is 8.42 Å². The zero-order valence-corrected chi connectivity index (χ0v) is 17.5. The molecule has 24 heavy (non-hydrogen) atoms. The lowest BCUT2D eigenvalue weighted by Gasteiger charge is -2.25. The molecule has 0 N–H and O–H groups in total. The van der Waals surface area contributed by atoms with Crippen LogP contribution in [-0.4, -0.2) is 27.4 Å². The minimum Gasteiger partial charge on any atom is -0.381 e. The fourth-order valence-electron chi connectivity index (χ4n) is 2.41. The Labute approximate surface area is 156 Å². The Morgan fingerprint density at radius 2 is 1.54 bits per heavy atom. The third kappa shape index (κ3) is 8.19. The summed E-state index contributed by atoms with van der Waals surface area (Å²) in [6, 6.07) is 4.43. The summed E-state index contributed by atoms with van der Waals surface area (Å²) >= 11 is 11.8. The van der Waals surface area contributed by atoms with Gasteiger partial charge in [-0.15, -0.1) is 0 Å². The number of rotatable bonds is 8. The highest BCUT2D eigenvalue weighted by atomic mass is 35.5. The molecule has 0 fully saturated rings. The van der Waals surface area contributed by atoms with Crippen molar-refractivity contribution < 1.29 is 13.2 Å². The van der Waals surface area contributed by atoms with Gasteiger partial charge in [-0.3, -0.25) is 0 Å². The Kier molecular flexibility index (Phi) is 7.61. The van der Waals surface area contributed by atoms with Crippen LogP contribution in [0, 0.1) is 10.8 Å². The Hall–Kier alpha value is -0.290. The van der Waals surface area contributed by atoms with E-state index in [-0.39, 0.29) is 21.5 Å². The Balaban J connectivity index is 2.61. The molecule has 0 aliphatic heterocycles. The Bertz CT molecular complexity index is 626. The van der Waals surface area contributed by atoms with Gasteiger partial charge in [-0.25, -0.2) is 8.42 Å². The van der Waals surface area contributed by atoms with Crippen LogP contribution in [-0.2, 0) is 14.6 Å². The van der Waals surface area contributed by atoms with Crippen LogP contribution in [0.5, 0.6) is 0 Å². The quantitative estimate of drug-likeness (QED) is 0.535. The molecule has 0 unspecified atom stereocenters. The first-order chi connectivity index (χ1) is 10.8. The van der Waals surface area contributed by atoms with Gasteiger partial charge in [0.25, 0.3) is 0 Å². The van der Waals surface area contributed by atoms with Crippen LogP contribution in [0.2, 0.25) is 10.0 Å². The minimum absolute atomic E-state index is 0.0515. The van der Waals surface area contributed by atoms with Gasteiger partial charge in [0.05, 0.1) is 17.3 Å². The van der Waals surface area contributed by atoms with Crippen LogP contribution >= 0.6 is 23.2 Å². The number of benzene rings is 1. The van der Waals surface area contributed by atoms with Crippen LogP contribution in [0.3, 0.4) is 0 Å². The predicted molar refractivity (Wildman–Crippen MR) is 102 cm³/mol. The highest BCUT2D eigenvalue weighted by Gasteiger charge is 2.27. The maximum atomic E-state index is 12.6. The molecule has 0 amide bonds. The van der Waals surface area contributed by atoms with Crippen molar-refractivity contribution in [2.45, 2.75) is 52.4 Å². The molecule has 0 radical (unpaired) electrons. The van der Waals surface area contributed by atoms with E-state index in [1.165, 1.54) is 18.2 Å². The first kappa shape index (κ1) is 21.8. The monoisotopic (exact) mass is 394 g/mol. The van der Waals surface area contributed by atoms with Gasteiger partial charge in [-0.2, -0.15) is 0 Å². The molecule has 1 aromatic rings. The molecule has 6 heteroatoms. The minimum atomic E-state index is -3.44. The van der Waals surface area contributed by atoms with Crippen molar-refractivity contribution >= 4 is 33.0 Å². The van der Waals surface area contributed by atoms with Gasteiger partial charge < -0.3 is 4.74 Å². The smallest absolute Gasteiger partial charge is 0.179 e. The number of sulfone groups is 1. The van der Waals surface area contributed by atoms with E-state index in [1.807, 2.05) is 13.8 Å². The highest BCUT2D eigenvalue weighted by molar-refractivity contribution is 7.91. The van der Waals surface area contributed by atoms with E-state index in [1.54, 1.807) is 0 Å². The molecule has 1 aromatic carbocycles. The predicted octanol–water partition coefficient (Wildman–Crippen LogP) is 5.64. The SMILES string of the molecule is CC(C)(C)COCCCC(C)(C)CS(=O)(=O)c1cc(Cl)cc(Cl)c1. The lowest BCUT2D eigenvalue weighted by atomic mass is 9.90. The average molecular weight is 395 g/mol. The number of hydrogen-bond donors (Lipinski definition) is 0. The molecule has 0 aliphatic carbocycles. The van der Waals surface area contributed by atoms with E-state index in [0.29, 0.717) is 23.3 Å². The van der Waals surface area contributed by atoms with Crippen LogP contribution in [0.4, 0.5) is 0 Å². The van der Waals surface area contributed by atoms with E-state index < -0.39 is 9.84 Å². The van der Waals surface area contributed by atoms with Crippen molar-refractivity contribution in [1.82, 2.24) is 0 Å². The summed E-state index contributed by atoms with van der Waals surface area (Å²) < 4.78 is 30.9. The Morgan fingerprint density at radius 3 is 2.04 bits per heavy atom. The summed E-state index contributed by atoms with van der Waals surface area (Å²) in [4.78, 5) is 0.178.